The Morgan fingerprint density at radius 3 is 2.07 bits per heavy atom. The molecule has 4 rings (SSSR count). The SMILES string of the molecule is NCC(=O)N1CCc2cc3c(cc2CC1)C(=O)N(C1CCC(=O)NC1=O)C3=O. The average molecular weight is 384 g/mol. The second-order valence-corrected chi connectivity index (χ2v) is 7.20. The zero-order valence-electron chi connectivity index (χ0n) is 15.2. The molecule has 3 heterocycles. The van der Waals surface area contributed by atoms with Gasteiger partial charge in [0.1, 0.15) is 6.04 Å². The summed E-state index contributed by atoms with van der Waals surface area (Å²) in [5.74, 6) is -2.19. The van der Waals surface area contributed by atoms with Crippen molar-refractivity contribution in [1.82, 2.24) is 15.1 Å². The Hall–Kier alpha value is -3.07. The number of hydrogen-bond acceptors (Lipinski definition) is 6. The van der Waals surface area contributed by atoms with E-state index in [0.29, 0.717) is 25.9 Å². The summed E-state index contributed by atoms with van der Waals surface area (Å²) in [7, 11) is 0. The molecule has 0 aliphatic carbocycles. The lowest BCUT2D eigenvalue weighted by molar-refractivity contribution is -0.136. The number of piperidine rings is 1. The summed E-state index contributed by atoms with van der Waals surface area (Å²) < 4.78 is 0. The van der Waals surface area contributed by atoms with Crippen molar-refractivity contribution in [3.8, 4) is 0 Å². The highest BCUT2D eigenvalue weighted by atomic mass is 16.2. The molecule has 146 valence electrons. The largest absolute Gasteiger partial charge is 0.341 e. The first-order valence-corrected chi connectivity index (χ1v) is 9.26. The molecule has 1 aromatic rings. The van der Waals surface area contributed by atoms with Crippen LogP contribution in [0, 0.1) is 0 Å². The molecule has 0 radical (unpaired) electrons. The number of hydrogen-bond donors (Lipinski definition) is 2. The molecule has 3 aliphatic rings. The van der Waals surface area contributed by atoms with Gasteiger partial charge in [0, 0.05) is 19.5 Å². The fourth-order valence-corrected chi connectivity index (χ4v) is 4.07. The number of imide groups is 2. The van der Waals surface area contributed by atoms with E-state index in [1.54, 1.807) is 17.0 Å². The molecule has 1 saturated heterocycles. The van der Waals surface area contributed by atoms with Crippen LogP contribution in [0.1, 0.15) is 44.7 Å². The Morgan fingerprint density at radius 2 is 1.57 bits per heavy atom. The molecule has 1 aromatic carbocycles. The number of carbonyl (C=O) groups excluding carboxylic acids is 5. The first-order valence-electron chi connectivity index (χ1n) is 9.26. The van der Waals surface area contributed by atoms with Crippen LogP contribution in [0.4, 0.5) is 0 Å². The quantitative estimate of drug-likeness (QED) is 0.628. The van der Waals surface area contributed by atoms with Gasteiger partial charge in [-0.05, 0) is 42.5 Å². The monoisotopic (exact) mass is 384 g/mol. The number of nitrogens with two attached hydrogens (primary N) is 1. The Bertz CT molecular complexity index is 878. The fraction of sp³-hybridized carbons (Fsp3) is 0.421. The Morgan fingerprint density at radius 1 is 1.00 bits per heavy atom. The second kappa shape index (κ2) is 6.83. The molecule has 1 fully saturated rings. The third kappa shape index (κ3) is 2.88. The first-order chi connectivity index (χ1) is 13.4. The van der Waals surface area contributed by atoms with Gasteiger partial charge in [-0.3, -0.25) is 34.2 Å². The molecule has 9 heteroatoms. The Kier molecular flexibility index (Phi) is 4.46. The van der Waals surface area contributed by atoms with Crippen molar-refractivity contribution >= 4 is 29.5 Å². The second-order valence-electron chi connectivity index (χ2n) is 7.20. The van der Waals surface area contributed by atoms with Crippen molar-refractivity contribution in [1.29, 1.82) is 0 Å². The molecule has 0 spiro atoms. The lowest BCUT2D eigenvalue weighted by Crippen LogP contribution is -2.54. The van der Waals surface area contributed by atoms with E-state index in [1.807, 2.05) is 0 Å². The summed E-state index contributed by atoms with van der Waals surface area (Å²) in [5.41, 5.74) is 7.81. The highest BCUT2D eigenvalue weighted by Gasteiger charge is 2.45. The van der Waals surface area contributed by atoms with Gasteiger partial charge in [-0.15, -0.1) is 0 Å². The molecule has 5 amide bonds. The molecule has 3 aliphatic heterocycles. The maximum absolute atomic E-state index is 12.9. The minimum atomic E-state index is -0.970. The molecule has 9 nitrogen and oxygen atoms in total. The number of amides is 5. The van der Waals surface area contributed by atoms with Gasteiger partial charge in [-0.25, -0.2) is 0 Å². The van der Waals surface area contributed by atoms with Crippen LogP contribution in [0.3, 0.4) is 0 Å². The smallest absolute Gasteiger partial charge is 0.262 e. The van der Waals surface area contributed by atoms with Gasteiger partial charge in [0.05, 0.1) is 17.7 Å². The van der Waals surface area contributed by atoms with Crippen LogP contribution in [-0.2, 0) is 27.2 Å². The maximum atomic E-state index is 12.9. The molecule has 1 unspecified atom stereocenters. The van der Waals surface area contributed by atoms with E-state index in [-0.39, 0.29) is 36.4 Å². The molecule has 28 heavy (non-hydrogen) atoms. The van der Waals surface area contributed by atoms with Crippen molar-refractivity contribution in [3.05, 3.63) is 34.4 Å². The summed E-state index contributed by atoms with van der Waals surface area (Å²) >= 11 is 0. The topological polar surface area (TPSA) is 130 Å². The van der Waals surface area contributed by atoms with E-state index in [0.717, 1.165) is 16.0 Å². The van der Waals surface area contributed by atoms with Crippen LogP contribution in [0.15, 0.2) is 12.1 Å². The average Bonchev–Trinajstić information content (AvgIpc) is 2.83. The van der Waals surface area contributed by atoms with Crippen LogP contribution in [-0.4, -0.2) is 65.0 Å². The van der Waals surface area contributed by atoms with Gasteiger partial charge in [-0.1, -0.05) is 0 Å². The highest BCUT2D eigenvalue weighted by Crippen LogP contribution is 2.31. The fourth-order valence-electron chi connectivity index (χ4n) is 4.07. The van der Waals surface area contributed by atoms with Crippen LogP contribution in [0.2, 0.25) is 0 Å². The number of rotatable bonds is 2. The predicted octanol–water partition coefficient (Wildman–Crippen LogP) is -1.03. The van der Waals surface area contributed by atoms with E-state index in [9.17, 15) is 24.0 Å². The van der Waals surface area contributed by atoms with Crippen molar-refractivity contribution in [2.75, 3.05) is 19.6 Å². The van der Waals surface area contributed by atoms with Gasteiger partial charge in [0.2, 0.25) is 17.7 Å². The van der Waals surface area contributed by atoms with Gasteiger partial charge >= 0.3 is 0 Å². The van der Waals surface area contributed by atoms with Gasteiger partial charge < -0.3 is 10.6 Å². The zero-order valence-corrected chi connectivity index (χ0v) is 15.2. The van der Waals surface area contributed by atoms with Crippen LogP contribution in [0.5, 0.6) is 0 Å². The predicted molar refractivity (Wildman–Crippen MR) is 96.2 cm³/mol. The lowest BCUT2D eigenvalue weighted by atomic mass is 9.96. The van der Waals surface area contributed by atoms with Crippen LogP contribution < -0.4 is 11.1 Å². The summed E-state index contributed by atoms with van der Waals surface area (Å²) in [6.45, 7) is 0.951. The van der Waals surface area contributed by atoms with E-state index >= 15 is 0 Å². The number of fused-ring (bicyclic) bond motifs is 2. The van der Waals surface area contributed by atoms with E-state index in [1.165, 1.54) is 0 Å². The molecule has 0 saturated carbocycles. The third-order valence-electron chi connectivity index (χ3n) is 5.59. The van der Waals surface area contributed by atoms with Crippen molar-refractivity contribution in [2.45, 2.75) is 31.7 Å². The number of nitrogens with one attached hydrogen (secondary N) is 1. The van der Waals surface area contributed by atoms with Crippen LogP contribution >= 0.6 is 0 Å². The Labute approximate surface area is 160 Å². The normalized spacial score (nSPS) is 22.0. The molecular weight excluding hydrogens is 364 g/mol. The maximum Gasteiger partial charge on any atom is 0.262 e. The van der Waals surface area contributed by atoms with E-state index < -0.39 is 29.7 Å². The molecular formula is C19H20N4O5. The molecule has 1 atom stereocenters. The van der Waals surface area contributed by atoms with Gasteiger partial charge in [-0.2, -0.15) is 0 Å². The van der Waals surface area contributed by atoms with E-state index in [4.69, 9.17) is 5.73 Å². The molecule has 3 N–H and O–H groups in total. The van der Waals surface area contributed by atoms with Crippen molar-refractivity contribution in [2.24, 2.45) is 5.73 Å². The Balaban J connectivity index is 1.62. The number of benzene rings is 1. The highest BCUT2D eigenvalue weighted by molar-refractivity contribution is 6.23. The summed E-state index contributed by atoms with van der Waals surface area (Å²) in [6.07, 6.45) is 1.35. The van der Waals surface area contributed by atoms with Crippen molar-refractivity contribution < 1.29 is 24.0 Å². The zero-order chi connectivity index (χ0) is 20.0. The standard InChI is InChI=1S/C19H20N4O5/c20-9-16(25)22-5-3-10-7-12-13(8-11(10)4-6-22)19(28)23(18(12)27)14-1-2-15(24)21-17(14)26/h7-8,14H,1-6,9,20H2,(H,21,24,26). The number of nitrogens with zero attached hydrogens (tertiary/aromatic N) is 2. The minimum Gasteiger partial charge on any atom is -0.341 e. The van der Waals surface area contributed by atoms with Gasteiger partial charge in [0.15, 0.2) is 0 Å². The number of carbonyl (C=O) groups is 5. The van der Waals surface area contributed by atoms with Gasteiger partial charge in [0.25, 0.3) is 11.8 Å². The molecule has 0 aromatic heterocycles. The van der Waals surface area contributed by atoms with Crippen molar-refractivity contribution in [3.63, 3.8) is 0 Å². The molecule has 0 bridgehead atoms. The lowest BCUT2D eigenvalue weighted by Gasteiger charge is -2.27. The first kappa shape index (κ1) is 18.3. The summed E-state index contributed by atoms with van der Waals surface area (Å²) in [5, 5.41) is 2.19. The van der Waals surface area contributed by atoms with Crippen LogP contribution in [0.25, 0.3) is 0 Å². The summed E-state index contributed by atoms with van der Waals surface area (Å²) in [6, 6.07) is 2.43. The van der Waals surface area contributed by atoms with E-state index in [2.05, 4.69) is 5.32 Å². The minimum absolute atomic E-state index is 0.0509. The summed E-state index contributed by atoms with van der Waals surface area (Å²) in [4.78, 5) is 63.8. The third-order valence-corrected chi connectivity index (χ3v) is 5.59.